The Balaban J connectivity index is 2.29. The number of amides is 1. The van der Waals surface area contributed by atoms with E-state index in [-0.39, 0.29) is 16.8 Å². The Morgan fingerprint density at radius 3 is 1.84 bits per heavy atom. The molecule has 0 aromatic heterocycles. The molecule has 0 spiro atoms. The highest BCUT2D eigenvalue weighted by atomic mass is 32.2. The Morgan fingerprint density at radius 1 is 0.844 bits per heavy atom. The molecule has 1 aromatic carbocycles. The lowest BCUT2D eigenvalue weighted by Crippen LogP contribution is -2.38. The van der Waals surface area contributed by atoms with Crippen LogP contribution in [-0.2, 0) is 14.4 Å². The van der Waals surface area contributed by atoms with Crippen LogP contribution in [0, 0.1) is 13.8 Å². The van der Waals surface area contributed by atoms with Crippen molar-refractivity contribution in [1.29, 1.82) is 0 Å². The highest BCUT2D eigenvalue weighted by Gasteiger charge is 2.22. The van der Waals surface area contributed by atoms with Gasteiger partial charge in [0.25, 0.3) is 0 Å². The fourth-order valence-corrected chi connectivity index (χ4v) is 4.61. The Hall–Kier alpha value is -1.82. The van der Waals surface area contributed by atoms with E-state index < -0.39 is 12.5 Å². The predicted molar refractivity (Wildman–Crippen MR) is 134 cm³/mol. The fraction of sp³-hybridized carbons (Fsp3) is 0.654. The molecule has 1 rings (SSSR count). The SMILES string of the molecule is CCCCCCCCCCCCCC(=O)SCC(=O)N(CC(=O)O)c1c(C)cccc1C. The number of anilines is 1. The number of hydrogen-bond acceptors (Lipinski definition) is 4. The summed E-state index contributed by atoms with van der Waals surface area (Å²) in [5, 5.41) is 9.26. The molecule has 0 heterocycles. The minimum absolute atomic E-state index is 0.00561. The van der Waals surface area contributed by atoms with Gasteiger partial charge >= 0.3 is 5.97 Å². The van der Waals surface area contributed by atoms with Gasteiger partial charge in [0.05, 0.1) is 11.4 Å². The van der Waals surface area contributed by atoms with Crippen LogP contribution in [0.1, 0.15) is 95.1 Å². The van der Waals surface area contributed by atoms with Crippen molar-refractivity contribution in [3.05, 3.63) is 29.3 Å². The molecule has 180 valence electrons. The van der Waals surface area contributed by atoms with Gasteiger partial charge < -0.3 is 5.11 Å². The average molecular weight is 464 g/mol. The second-order valence-corrected chi connectivity index (χ2v) is 9.59. The van der Waals surface area contributed by atoms with Crippen molar-refractivity contribution >= 4 is 34.4 Å². The summed E-state index contributed by atoms with van der Waals surface area (Å²) >= 11 is 1.00. The van der Waals surface area contributed by atoms with Crippen LogP contribution in [0.2, 0.25) is 0 Å². The number of rotatable bonds is 17. The van der Waals surface area contributed by atoms with E-state index in [0.29, 0.717) is 12.1 Å². The van der Waals surface area contributed by atoms with Gasteiger partial charge in [-0.3, -0.25) is 19.3 Å². The summed E-state index contributed by atoms with van der Waals surface area (Å²) in [6, 6.07) is 5.59. The van der Waals surface area contributed by atoms with E-state index in [0.717, 1.165) is 42.2 Å². The van der Waals surface area contributed by atoms with E-state index in [1.54, 1.807) is 0 Å². The molecular weight excluding hydrogens is 422 g/mol. The summed E-state index contributed by atoms with van der Waals surface area (Å²) < 4.78 is 0. The van der Waals surface area contributed by atoms with Crippen LogP contribution in [0.3, 0.4) is 0 Å². The monoisotopic (exact) mass is 463 g/mol. The van der Waals surface area contributed by atoms with Gasteiger partial charge in [-0.1, -0.05) is 101 Å². The summed E-state index contributed by atoms with van der Waals surface area (Å²) in [7, 11) is 0. The number of carbonyl (C=O) groups excluding carboxylic acids is 2. The maximum Gasteiger partial charge on any atom is 0.323 e. The Kier molecular flexibility index (Phi) is 14.8. The number of thioether (sulfide) groups is 1. The second kappa shape index (κ2) is 16.8. The lowest BCUT2D eigenvalue weighted by atomic mass is 10.1. The molecule has 1 N–H and O–H groups in total. The quantitative estimate of drug-likeness (QED) is 0.261. The van der Waals surface area contributed by atoms with Crippen molar-refractivity contribution < 1.29 is 19.5 Å². The largest absolute Gasteiger partial charge is 0.480 e. The summed E-state index contributed by atoms with van der Waals surface area (Å²) in [6.45, 7) is 5.55. The third kappa shape index (κ3) is 11.7. The van der Waals surface area contributed by atoms with Gasteiger partial charge in [-0.25, -0.2) is 0 Å². The van der Waals surface area contributed by atoms with Crippen LogP contribution in [0.5, 0.6) is 0 Å². The topological polar surface area (TPSA) is 74.7 Å². The Bertz CT molecular complexity index is 700. The third-order valence-electron chi connectivity index (χ3n) is 5.64. The van der Waals surface area contributed by atoms with Crippen molar-refractivity contribution in [3.8, 4) is 0 Å². The minimum atomic E-state index is -1.07. The fourth-order valence-electron chi connectivity index (χ4n) is 3.88. The first kappa shape index (κ1) is 28.2. The number of carbonyl (C=O) groups is 3. The number of benzene rings is 1. The van der Waals surface area contributed by atoms with Crippen molar-refractivity contribution in [1.82, 2.24) is 0 Å². The molecule has 0 atom stereocenters. The van der Waals surface area contributed by atoms with Crippen LogP contribution >= 0.6 is 11.8 Å². The molecule has 5 nitrogen and oxygen atoms in total. The van der Waals surface area contributed by atoms with Gasteiger partial charge in [-0.05, 0) is 31.4 Å². The molecule has 0 aliphatic rings. The van der Waals surface area contributed by atoms with Gasteiger partial charge in [0, 0.05) is 6.42 Å². The van der Waals surface area contributed by atoms with E-state index in [2.05, 4.69) is 6.92 Å². The van der Waals surface area contributed by atoms with Crippen LogP contribution in [0.15, 0.2) is 18.2 Å². The Morgan fingerprint density at radius 2 is 1.34 bits per heavy atom. The maximum atomic E-state index is 12.7. The molecule has 6 heteroatoms. The summed E-state index contributed by atoms with van der Waals surface area (Å²) in [4.78, 5) is 37.5. The predicted octanol–water partition coefficient (Wildman–Crippen LogP) is 6.68. The standard InChI is InChI=1S/C26H41NO4S/c1-4-5-6-7-8-9-10-11-12-13-14-18-25(31)32-20-23(28)27(19-24(29)30)26-21(2)16-15-17-22(26)3/h15-17H,4-14,18-20H2,1-3H3,(H,29,30). The average Bonchev–Trinajstić information content (AvgIpc) is 2.74. The molecule has 0 fully saturated rings. The highest BCUT2D eigenvalue weighted by Crippen LogP contribution is 2.25. The van der Waals surface area contributed by atoms with E-state index in [1.165, 1.54) is 56.3 Å². The molecule has 0 bridgehead atoms. The molecule has 0 saturated heterocycles. The molecule has 0 saturated carbocycles. The van der Waals surface area contributed by atoms with Gasteiger partial charge in [-0.2, -0.15) is 0 Å². The smallest absolute Gasteiger partial charge is 0.323 e. The maximum absolute atomic E-state index is 12.7. The molecular formula is C26H41NO4S. The second-order valence-electron chi connectivity index (χ2n) is 8.56. The third-order valence-corrected chi connectivity index (χ3v) is 6.56. The molecule has 0 unspecified atom stereocenters. The molecule has 32 heavy (non-hydrogen) atoms. The molecule has 0 aliphatic carbocycles. The molecule has 0 radical (unpaired) electrons. The number of hydrogen-bond donors (Lipinski definition) is 1. The first-order chi connectivity index (χ1) is 15.4. The van der Waals surface area contributed by atoms with Crippen LogP contribution in [0.25, 0.3) is 0 Å². The van der Waals surface area contributed by atoms with Crippen LogP contribution in [-0.4, -0.2) is 34.4 Å². The van der Waals surface area contributed by atoms with Crippen molar-refractivity contribution in [2.75, 3.05) is 17.2 Å². The first-order valence-corrected chi connectivity index (χ1v) is 13.1. The molecule has 1 aromatic rings. The van der Waals surface area contributed by atoms with Gasteiger partial charge in [-0.15, -0.1) is 0 Å². The van der Waals surface area contributed by atoms with Gasteiger partial charge in [0.2, 0.25) is 5.91 Å². The number of para-hydroxylation sites is 1. The lowest BCUT2D eigenvalue weighted by molar-refractivity contribution is -0.136. The van der Waals surface area contributed by atoms with Crippen LogP contribution < -0.4 is 4.90 Å². The van der Waals surface area contributed by atoms with Crippen molar-refractivity contribution in [3.63, 3.8) is 0 Å². The number of unbranched alkanes of at least 4 members (excludes halogenated alkanes) is 10. The summed E-state index contributed by atoms with van der Waals surface area (Å²) in [6.07, 6.45) is 14.0. The Labute approximate surface area is 198 Å². The number of carboxylic acids is 1. The van der Waals surface area contributed by atoms with E-state index in [9.17, 15) is 19.5 Å². The zero-order valence-electron chi connectivity index (χ0n) is 20.2. The molecule has 1 amide bonds. The zero-order chi connectivity index (χ0) is 23.8. The number of aryl methyl sites for hydroxylation is 2. The van der Waals surface area contributed by atoms with Crippen molar-refractivity contribution in [2.45, 2.75) is 97.8 Å². The van der Waals surface area contributed by atoms with Gasteiger partial charge in [0.15, 0.2) is 5.12 Å². The van der Waals surface area contributed by atoms with Gasteiger partial charge in [0.1, 0.15) is 6.54 Å². The lowest BCUT2D eigenvalue weighted by Gasteiger charge is -2.24. The number of carboxylic acid groups (broad SMARTS) is 1. The number of nitrogens with zero attached hydrogens (tertiary/aromatic N) is 1. The summed E-state index contributed by atoms with van der Waals surface area (Å²) in [5.74, 6) is -1.45. The normalized spacial score (nSPS) is 10.8. The minimum Gasteiger partial charge on any atom is -0.480 e. The van der Waals surface area contributed by atoms with E-state index in [1.807, 2.05) is 32.0 Å². The molecule has 0 aliphatic heterocycles. The van der Waals surface area contributed by atoms with E-state index in [4.69, 9.17) is 0 Å². The van der Waals surface area contributed by atoms with Crippen LogP contribution in [0.4, 0.5) is 5.69 Å². The highest BCUT2D eigenvalue weighted by molar-refractivity contribution is 8.14. The van der Waals surface area contributed by atoms with Crippen molar-refractivity contribution in [2.24, 2.45) is 0 Å². The number of aliphatic carboxylic acids is 1. The van der Waals surface area contributed by atoms with E-state index >= 15 is 0 Å². The zero-order valence-corrected chi connectivity index (χ0v) is 21.0. The first-order valence-electron chi connectivity index (χ1n) is 12.1. The summed E-state index contributed by atoms with van der Waals surface area (Å²) in [5.41, 5.74) is 2.31.